The Kier molecular flexibility index (Phi) is 3.41. The van der Waals surface area contributed by atoms with E-state index in [2.05, 4.69) is 6.58 Å². The van der Waals surface area contributed by atoms with Gasteiger partial charge in [-0.25, -0.2) is 0 Å². The number of hydrogen-bond acceptors (Lipinski definition) is 5. The van der Waals surface area contributed by atoms with Gasteiger partial charge in [0.25, 0.3) is 0 Å². The lowest BCUT2D eigenvalue weighted by Gasteiger charge is -2.11. The van der Waals surface area contributed by atoms with E-state index in [4.69, 9.17) is 14.2 Å². The van der Waals surface area contributed by atoms with Crippen LogP contribution in [0.5, 0.6) is 0 Å². The van der Waals surface area contributed by atoms with Gasteiger partial charge in [-0.15, -0.1) is 0 Å². The predicted octanol–water partition coefficient (Wildman–Crippen LogP) is 1.69. The number of esters is 2. The smallest absolute Gasteiger partial charge is 0.307 e. The van der Waals surface area contributed by atoms with Crippen molar-refractivity contribution in [1.82, 2.24) is 0 Å². The van der Waals surface area contributed by atoms with Crippen LogP contribution >= 0.6 is 0 Å². The molecule has 2 atom stereocenters. The maximum atomic E-state index is 11.0. The molecule has 1 fully saturated rings. The summed E-state index contributed by atoms with van der Waals surface area (Å²) < 4.78 is 15.7. The minimum absolute atomic E-state index is 0.0441. The van der Waals surface area contributed by atoms with E-state index in [9.17, 15) is 9.59 Å². The molecule has 1 aliphatic carbocycles. The Morgan fingerprint density at radius 3 is 2.67 bits per heavy atom. The van der Waals surface area contributed by atoms with Crippen molar-refractivity contribution in [1.29, 1.82) is 0 Å². The first-order valence-corrected chi connectivity index (χ1v) is 5.85. The van der Waals surface area contributed by atoms with Crippen molar-refractivity contribution in [2.45, 2.75) is 32.8 Å². The van der Waals surface area contributed by atoms with E-state index < -0.39 is 0 Å². The fourth-order valence-electron chi connectivity index (χ4n) is 2.42. The molecule has 0 aromatic rings. The fourth-order valence-corrected chi connectivity index (χ4v) is 2.42. The Balaban J connectivity index is 2.16. The number of rotatable bonds is 3. The zero-order chi connectivity index (χ0) is 13.3. The first kappa shape index (κ1) is 12.7. The summed E-state index contributed by atoms with van der Waals surface area (Å²) in [4.78, 5) is 21.9. The highest BCUT2D eigenvalue weighted by Gasteiger charge is 2.43. The second-order valence-corrected chi connectivity index (χ2v) is 4.53. The molecule has 0 radical (unpaired) electrons. The van der Waals surface area contributed by atoms with Crippen molar-refractivity contribution in [2.24, 2.45) is 5.92 Å². The zero-order valence-corrected chi connectivity index (χ0v) is 10.5. The maximum absolute atomic E-state index is 11.0. The second kappa shape index (κ2) is 4.84. The van der Waals surface area contributed by atoms with Crippen molar-refractivity contribution >= 4 is 11.9 Å². The summed E-state index contributed by atoms with van der Waals surface area (Å²) in [6.45, 7) is 6.64. The molecule has 0 bridgehead atoms. The molecule has 1 aliphatic heterocycles. The Morgan fingerprint density at radius 1 is 1.33 bits per heavy atom. The van der Waals surface area contributed by atoms with Crippen molar-refractivity contribution in [3.05, 3.63) is 23.7 Å². The summed E-state index contributed by atoms with van der Waals surface area (Å²) in [5.41, 5.74) is 0.837. The highest BCUT2D eigenvalue weighted by molar-refractivity contribution is 5.68. The van der Waals surface area contributed by atoms with Crippen LogP contribution < -0.4 is 0 Å². The van der Waals surface area contributed by atoms with Crippen LogP contribution in [0.3, 0.4) is 0 Å². The van der Waals surface area contributed by atoms with Crippen LogP contribution in [0.2, 0.25) is 0 Å². The van der Waals surface area contributed by atoms with E-state index in [1.165, 1.54) is 13.8 Å². The standard InChI is InChI=1S/C13H16O5/c1-7-4-10-11(6-16-8(2)14)13(18-9(3)15)5-12(10)17-7/h10,12H,1,4-6H2,2-3H3/t10-,12+/m0/s1. The Hall–Kier alpha value is -1.78. The number of fused-ring (bicyclic) bond motifs is 1. The summed E-state index contributed by atoms with van der Waals surface area (Å²) in [6, 6.07) is 0. The molecule has 0 saturated carbocycles. The van der Waals surface area contributed by atoms with Crippen LogP contribution in [0.15, 0.2) is 23.7 Å². The monoisotopic (exact) mass is 252 g/mol. The zero-order valence-electron chi connectivity index (χ0n) is 10.5. The van der Waals surface area contributed by atoms with Gasteiger partial charge in [0, 0.05) is 38.2 Å². The molecule has 1 saturated heterocycles. The van der Waals surface area contributed by atoms with Gasteiger partial charge >= 0.3 is 11.9 Å². The molecule has 0 N–H and O–H groups in total. The maximum Gasteiger partial charge on any atom is 0.307 e. The topological polar surface area (TPSA) is 61.8 Å². The number of allylic oxidation sites excluding steroid dienone is 1. The Bertz CT molecular complexity index is 435. The largest absolute Gasteiger partial charge is 0.494 e. The molecule has 5 heteroatoms. The molecule has 2 rings (SSSR count). The Labute approximate surface area is 105 Å². The van der Waals surface area contributed by atoms with Gasteiger partial charge in [0.2, 0.25) is 0 Å². The molecule has 0 amide bonds. The highest BCUT2D eigenvalue weighted by atomic mass is 16.6. The van der Waals surface area contributed by atoms with Crippen LogP contribution in [0, 0.1) is 5.92 Å². The summed E-state index contributed by atoms with van der Waals surface area (Å²) in [5, 5.41) is 0. The van der Waals surface area contributed by atoms with E-state index in [-0.39, 0.29) is 30.6 Å². The predicted molar refractivity (Wildman–Crippen MR) is 62.2 cm³/mol. The van der Waals surface area contributed by atoms with E-state index in [0.29, 0.717) is 18.6 Å². The molecule has 2 aliphatic rings. The normalized spacial score (nSPS) is 25.8. The molecule has 0 unspecified atom stereocenters. The van der Waals surface area contributed by atoms with Gasteiger partial charge in [0.15, 0.2) is 0 Å². The third kappa shape index (κ3) is 2.55. The molecule has 5 nitrogen and oxygen atoms in total. The van der Waals surface area contributed by atoms with Gasteiger partial charge in [0.1, 0.15) is 18.5 Å². The number of ether oxygens (including phenoxy) is 3. The van der Waals surface area contributed by atoms with Gasteiger partial charge in [0.05, 0.1) is 5.76 Å². The lowest BCUT2D eigenvalue weighted by atomic mass is 9.98. The van der Waals surface area contributed by atoms with Gasteiger partial charge in [-0.2, -0.15) is 0 Å². The van der Waals surface area contributed by atoms with E-state index >= 15 is 0 Å². The van der Waals surface area contributed by atoms with Crippen molar-refractivity contribution in [2.75, 3.05) is 6.61 Å². The van der Waals surface area contributed by atoms with Crippen LogP contribution in [-0.2, 0) is 23.8 Å². The third-order valence-electron chi connectivity index (χ3n) is 3.10. The SMILES string of the molecule is C=C1C[C@H]2C(COC(C)=O)=C(OC(C)=O)C[C@H]2O1. The lowest BCUT2D eigenvalue weighted by molar-refractivity contribution is -0.140. The van der Waals surface area contributed by atoms with E-state index in [1.54, 1.807) is 0 Å². The number of carbonyl (C=O) groups excluding carboxylic acids is 2. The molecule has 0 spiro atoms. The molecule has 98 valence electrons. The first-order chi connectivity index (χ1) is 8.47. The van der Waals surface area contributed by atoms with Crippen LogP contribution in [-0.4, -0.2) is 24.6 Å². The van der Waals surface area contributed by atoms with Gasteiger partial charge < -0.3 is 14.2 Å². The second-order valence-electron chi connectivity index (χ2n) is 4.53. The highest BCUT2D eigenvalue weighted by Crippen LogP contribution is 2.44. The van der Waals surface area contributed by atoms with E-state index in [1.807, 2.05) is 0 Å². The third-order valence-corrected chi connectivity index (χ3v) is 3.10. The minimum Gasteiger partial charge on any atom is -0.494 e. The van der Waals surface area contributed by atoms with Crippen LogP contribution in [0.25, 0.3) is 0 Å². The van der Waals surface area contributed by atoms with Crippen molar-refractivity contribution in [3.8, 4) is 0 Å². The number of hydrogen-bond donors (Lipinski definition) is 0. The Morgan fingerprint density at radius 2 is 2.06 bits per heavy atom. The quantitative estimate of drug-likeness (QED) is 0.715. The summed E-state index contributed by atoms with van der Waals surface area (Å²) in [6.07, 6.45) is 1.17. The van der Waals surface area contributed by atoms with Gasteiger partial charge in [-0.1, -0.05) is 6.58 Å². The summed E-state index contributed by atoms with van der Waals surface area (Å²) in [5.74, 6) is 0.680. The molecular formula is C13H16O5. The van der Waals surface area contributed by atoms with Gasteiger partial charge in [-0.05, 0) is 0 Å². The number of carbonyl (C=O) groups is 2. The average Bonchev–Trinajstić information content (AvgIpc) is 2.70. The molecule has 0 aromatic heterocycles. The van der Waals surface area contributed by atoms with Crippen LogP contribution in [0.4, 0.5) is 0 Å². The average molecular weight is 252 g/mol. The first-order valence-electron chi connectivity index (χ1n) is 5.85. The fraction of sp³-hybridized carbons (Fsp3) is 0.538. The molecular weight excluding hydrogens is 236 g/mol. The summed E-state index contributed by atoms with van der Waals surface area (Å²) >= 11 is 0. The molecule has 18 heavy (non-hydrogen) atoms. The van der Waals surface area contributed by atoms with Gasteiger partial charge in [-0.3, -0.25) is 9.59 Å². The van der Waals surface area contributed by atoms with E-state index in [0.717, 1.165) is 11.3 Å². The molecule has 0 aromatic carbocycles. The van der Waals surface area contributed by atoms with Crippen LogP contribution in [0.1, 0.15) is 26.7 Å². The molecule has 1 heterocycles. The van der Waals surface area contributed by atoms with Crippen molar-refractivity contribution < 1.29 is 23.8 Å². The summed E-state index contributed by atoms with van der Waals surface area (Å²) in [7, 11) is 0. The van der Waals surface area contributed by atoms with Crippen molar-refractivity contribution in [3.63, 3.8) is 0 Å². The lowest BCUT2D eigenvalue weighted by Crippen LogP contribution is -2.14. The minimum atomic E-state index is -0.371.